The van der Waals surface area contributed by atoms with Crippen LogP contribution in [0.1, 0.15) is 13.3 Å². The van der Waals surface area contributed by atoms with E-state index in [-0.39, 0.29) is 12.5 Å². The highest BCUT2D eigenvalue weighted by Gasteiger charge is 2.22. The molecule has 0 aromatic heterocycles. The maximum Gasteiger partial charge on any atom is 0.264 e. The largest absolute Gasteiger partial charge is 0.482 e. The van der Waals surface area contributed by atoms with Gasteiger partial charge < -0.3 is 20.7 Å². The SMILES string of the molecule is CC(CN)CCNc1ccc2c(c1)N(C)C(=O)CO2. The number of nitrogens with one attached hydrogen (secondary N) is 1. The summed E-state index contributed by atoms with van der Waals surface area (Å²) < 4.78 is 5.39. The summed E-state index contributed by atoms with van der Waals surface area (Å²) in [7, 11) is 1.77. The van der Waals surface area contributed by atoms with Crippen molar-refractivity contribution in [1.82, 2.24) is 0 Å². The topological polar surface area (TPSA) is 67.6 Å². The zero-order chi connectivity index (χ0) is 13.8. The number of carbonyl (C=O) groups excluding carboxylic acids is 1. The predicted octanol–water partition coefficient (Wildman–Crippen LogP) is 1.44. The molecule has 104 valence electrons. The van der Waals surface area contributed by atoms with E-state index < -0.39 is 0 Å². The number of hydrogen-bond donors (Lipinski definition) is 2. The normalized spacial score (nSPS) is 15.7. The molecule has 1 unspecified atom stereocenters. The molecular formula is C14H21N3O2. The summed E-state index contributed by atoms with van der Waals surface area (Å²) in [6.45, 7) is 3.83. The van der Waals surface area contributed by atoms with Crippen molar-refractivity contribution in [3.63, 3.8) is 0 Å². The summed E-state index contributed by atoms with van der Waals surface area (Å²) in [5.41, 5.74) is 7.39. The molecule has 0 aliphatic carbocycles. The maximum atomic E-state index is 11.6. The van der Waals surface area contributed by atoms with Crippen molar-refractivity contribution in [3.8, 4) is 5.75 Å². The van der Waals surface area contributed by atoms with Crippen molar-refractivity contribution >= 4 is 17.3 Å². The maximum absolute atomic E-state index is 11.6. The van der Waals surface area contributed by atoms with Crippen LogP contribution in [0.25, 0.3) is 0 Å². The Morgan fingerprint density at radius 2 is 2.32 bits per heavy atom. The van der Waals surface area contributed by atoms with E-state index in [9.17, 15) is 4.79 Å². The van der Waals surface area contributed by atoms with Gasteiger partial charge in [-0.3, -0.25) is 4.79 Å². The van der Waals surface area contributed by atoms with Gasteiger partial charge >= 0.3 is 0 Å². The second-order valence-electron chi connectivity index (χ2n) is 4.98. The van der Waals surface area contributed by atoms with Gasteiger partial charge in [-0.1, -0.05) is 6.92 Å². The molecule has 0 radical (unpaired) electrons. The highest BCUT2D eigenvalue weighted by molar-refractivity contribution is 5.97. The van der Waals surface area contributed by atoms with E-state index in [1.807, 2.05) is 18.2 Å². The lowest BCUT2D eigenvalue weighted by Gasteiger charge is -2.26. The van der Waals surface area contributed by atoms with Crippen LogP contribution in [0.5, 0.6) is 5.75 Å². The monoisotopic (exact) mass is 263 g/mol. The van der Waals surface area contributed by atoms with Crippen LogP contribution in [-0.4, -0.2) is 32.7 Å². The number of nitrogens with two attached hydrogens (primary N) is 1. The lowest BCUT2D eigenvalue weighted by molar-refractivity contribution is -0.120. The summed E-state index contributed by atoms with van der Waals surface area (Å²) in [5, 5.41) is 3.35. The highest BCUT2D eigenvalue weighted by Crippen LogP contribution is 2.33. The van der Waals surface area contributed by atoms with Crippen LogP contribution in [-0.2, 0) is 4.79 Å². The molecule has 1 heterocycles. The fourth-order valence-electron chi connectivity index (χ4n) is 1.96. The predicted molar refractivity (Wildman–Crippen MR) is 76.7 cm³/mol. The minimum absolute atomic E-state index is 0.0265. The second-order valence-corrected chi connectivity index (χ2v) is 4.98. The Balaban J connectivity index is 2.02. The first-order valence-electron chi connectivity index (χ1n) is 6.59. The number of ether oxygens (including phenoxy) is 1. The summed E-state index contributed by atoms with van der Waals surface area (Å²) >= 11 is 0. The van der Waals surface area contributed by atoms with Crippen molar-refractivity contribution < 1.29 is 9.53 Å². The minimum Gasteiger partial charge on any atom is -0.482 e. The molecule has 0 bridgehead atoms. The first kappa shape index (κ1) is 13.7. The van der Waals surface area contributed by atoms with Gasteiger partial charge in [-0.25, -0.2) is 0 Å². The Hall–Kier alpha value is -1.75. The number of carbonyl (C=O) groups is 1. The summed E-state index contributed by atoms with van der Waals surface area (Å²) in [4.78, 5) is 13.2. The van der Waals surface area contributed by atoms with Crippen LogP contribution in [0.2, 0.25) is 0 Å². The molecule has 1 atom stereocenters. The van der Waals surface area contributed by atoms with E-state index in [1.165, 1.54) is 0 Å². The van der Waals surface area contributed by atoms with Crippen molar-refractivity contribution in [2.75, 3.05) is 37.0 Å². The minimum atomic E-state index is -0.0265. The molecule has 19 heavy (non-hydrogen) atoms. The zero-order valence-electron chi connectivity index (χ0n) is 11.5. The fraction of sp³-hybridized carbons (Fsp3) is 0.500. The van der Waals surface area contributed by atoms with Gasteiger partial charge in [-0.05, 0) is 37.1 Å². The molecule has 1 amide bonds. The Kier molecular flexibility index (Phi) is 4.27. The average Bonchev–Trinajstić information content (AvgIpc) is 2.43. The summed E-state index contributed by atoms with van der Waals surface area (Å²) in [6.07, 6.45) is 1.03. The summed E-state index contributed by atoms with van der Waals surface area (Å²) in [5.74, 6) is 1.24. The Morgan fingerprint density at radius 3 is 3.05 bits per heavy atom. The molecule has 0 saturated heterocycles. The zero-order valence-corrected chi connectivity index (χ0v) is 11.5. The lowest BCUT2D eigenvalue weighted by Crippen LogP contribution is -2.35. The molecule has 1 aromatic carbocycles. The standard InChI is InChI=1S/C14H21N3O2/c1-10(8-15)5-6-16-11-3-4-13-12(7-11)17(2)14(18)9-19-13/h3-4,7,10,16H,5-6,8-9,15H2,1-2H3. The molecule has 2 rings (SSSR count). The summed E-state index contributed by atoms with van der Waals surface area (Å²) in [6, 6.07) is 5.81. The molecule has 1 aromatic rings. The number of amides is 1. The van der Waals surface area contributed by atoms with E-state index in [0.717, 1.165) is 30.1 Å². The van der Waals surface area contributed by atoms with Gasteiger partial charge in [0.05, 0.1) is 5.69 Å². The van der Waals surface area contributed by atoms with E-state index in [2.05, 4.69) is 12.2 Å². The third-order valence-electron chi connectivity index (χ3n) is 3.41. The first-order chi connectivity index (χ1) is 9.11. The molecule has 3 N–H and O–H groups in total. The Bertz CT molecular complexity index is 462. The molecule has 1 aliphatic heterocycles. The van der Waals surface area contributed by atoms with Crippen molar-refractivity contribution in [2.45, 2.75) is 13.3 Å². The average molecular weight is 263 g/mol. The number of nitrogens with zero attached hydrogens (tertiary/aromatic N) is 1. The Labute approximate surface area is 113 Å². The number of fused-ring (bicyclic) bond motifs is 1. The van der Waals surface area contributed by atoms with Crippen LogP contribution in [0.3, 0.4) is 0 Å². The van der Waals surface area contributed by atoms with Crippen LogP contribution in [0.4, 0.5) is 11.4 Å². The second kappa shape index (κ2) is 5.93. The van der Waals surface area contributed by atoms with Gasteiger partial charge in [0.25, 0.3) is 5.91 Å². The molecule has 5 nitrogen and oxygen atoms in total. The highest BCUT2D eigenvalue weighted by atomic mass is 16.5. The quantitative estimate of drug-likeness (QED) is 0.843. The number of likely N-dealkylation sites (N-methyl/N-ethyl adjacent to an activating group) is 1. The number of anilines is 2. The number of benzene rings is 1. The van der Waals surface area contributed by atoms with Crippen molar-refractivity contribution in [3.05, 3.63) is 18.2 Å². The molecule has 1 aliphatic rings. The van der Waals surface area contributed by atoms with Gasteiger partial charge in [-0.2, -0.15) is 0 Å². The van der Waals surface area contributed by atoms with Crippen molar-refractivity contribution in [2.24, 2.45) is 11.7 Å². The van der Waals surface area contributed by atoms with Gasteiger partial charge in [0, 0.05) is 19.3 Å². The van der Waals surface area contributed by atoms with E-state index in [1.54, 1.807) is 11.9 Å². The van der Waals surface area contributed by atoms with Crippen molar-refractivity contribution in [1.29, 1.82) is 0 Å². The Morgan fingerprint density at radius 1 is 1.53 bits per heavy atom. The van der Waals surface area contributed by atoms with Gasteiger partial charge in [-0.15, -0.1) is 0 Å². The number of rotatable bonds is 5. The van der Waals surface area contributed by atoms with Gasteiger partial charge in [0.1, 0.15) is 5.75 Å². The van der Waals surface area contributed by atoms with E-state index >= 15 is 0 Å². The fourth-order valence-corrected chi connectivity index (χ4v) is 1.96. The first-order valence-corrected chi connectivity index (χ1v) is 6.59. The van der Waals surface area contributed by atoms with E-state index in [0.29, 0.717) is 12.5 Å². The molecule has 0 fully saturated rings. The van der Waals surface area contributed by atoms with Crippen LogP contribution in [0.15, 0.2) is 18.2 Å². The molecule has 5 heteroatoms. The van der Waals surface area contributed by atoms with Gasteiger partial charge in [0.15, 0.2) is 6.61 Å². The lowest BCUT2D eigenvalue weighted by atomic mass is 10.1. The molecule has 0 spiro atoms. The third-order valence-corrected chi connectivity index (χ3v) is 3.41. The van der Waals surface area contributed by atoms with Gasteiger partial charge in [0.2, 0.25) is 0 Å². The van der Waals surface area contributed by atoms with Crippen LogP contribution < -0.4 is 20.7 Å². The number of hydrogen-bond acceptors (Lipinski definition) is 4. The van der Waals surface area contributed by atoms with Crippen LogP contribution >= 0.6 is 0 Å². The smallest absolute Gasteiger partial charge is 0.264 e. The van der Waals surface area contributed by atoms with E-state index in [4.69, 9.17) is 10.5 Å². The molecular weight excluding hydrogens is 242 g/mol. The third kappa shape index (κ3) is 3.17. The van der Waals surface area contributed by atoms with Crippen LogP contribution in [0, 0.1) is 5.92 Å². The molecule has 0 saturated carbocycles.